The standard InChI is InChI=1S/C14H17N3O/c1-10(2)17-14-13(15-7-8-16-14)12-5-3-11(9-18)4-6-12/h3-8,10,18H,9H2,1-2H3,(H,16,17). The van der Waals surface area contributed by atoms with Gasteiger partial charge in [-0.3, -0.25) is 4.98 Å². The highest BCUT2D eigenvalue weighted by Gasteiger charge is 2.08. The van der Waals surface area contributed by atoms with Crippen molar-refractivity contribution in [3.05, 3.63) is 42.2 Å². The molecule has 0 bridgehead atoms. The summed E-state index contributed by atoms with van der Waals surface area (Å²) in [4.78, 5) is 8.68. The predicted octanol–water partition coefficient (Wildman–Crippen LogP) is 2.46. The molecule has 0 amide bonds. The van der Waals surface area contributed by atoms with Crippen molar-refractivity contribution in [3.63, 3.8) is 0 Å². The van der Waals surface area contributed by atoms with E-state index in [1.165, 1.54) is 0 Å². The second-order valence-electron chi connectivity index (χ2n) is 4.41. The van der Waals surface area contributed by atoms with Crippen molar-refractivity contribution in [2.75, 3.05) is 5.32 Å². The first kappa shape index (κ1) is 12.5. The van der Waals surface area contributed by atoms with E-state index in [2.05, 4.69) is 29.1 Å². The summed E-state index contributed by atoms with van der Waals surface area (Å²) in [5.74, 6) is 0.782. The zero-order valence-electron chi connectivity index (χ0n) is 10.6. The first-order valence-electron chi connectivity index (χ1n) is 5.98. The van der Waals surface area contributed by atoms with Crippen molar-refractivity contribution in [2.45, 2.75) is 26.5 Å². The lowest BCUT2D eigenvalue weighted by atomic mass is 10.1. The van der Waals surface area contributed by atoms with Crippen LogP contribution in [-0.4, -0.2) is 21.1 Å². The quantitative estimate of drug-likeness (QED) is 0.866. The second kappa shape index (κ2) is 5.60. The fourth-order valence-electron chi connectivity index (χ4n) is 1.70. The maximum atomic E-state index is 9.03. The normalized spacial score (nSPS) is 10.7. The molecule has 18 heavy (non-hydrogen) atoms. The molecule has 4 nitrogen and oxygen atoms in total. The molecule has 0 aliphatic rings. The molecule has 1 aromatic carbocycles. The fourth-order valence-corrected chi connectivity index (χ4v) is 1.70. The van der Waals surface area contributed by atoms with Gasteiger partial charge in [0.2, 0.25) is 0 Å². The molecule has 0 fully saturated rings. The molecule has 0 aliphatic heterocycles. The third-order valence-corrected chi connectivity index (χ3v) is 2.53. The van der Waals surface area contributed by atoms with Crippen LogP contribution >= 0.6 is 0 Å². The van der Waals surface area contributed by atoms with Gasteiger partial charge in [0, 0.05) is 24.0 Å². The Morgan fingerprint density at radius 1 is 1.11 bits per heavy atom. The molecule has 0 atom stereocenters. The van der Waals surface area contributed by atoms with Crippen LogP contribution in [0.3, 0.4) is 0 Å². The van der Waals surface area contributed by atoms with Gasteiger partial charge in [-0.05, 0) is 19.4 Å². The number of nitrogens with zero attached hydrogens (tertiary/aromatic N) is 2. The summed E-state index contributed by atoms with van der Waals surface area (Å²) in [6.45, 7) is 4.18. The smallest absolute Gasteiger partial charge is 0.152 e. The van der Waals surface area contributed by atoms with Crippen molar-refractivity contribution in [1.29, 1.82) is 0 Å². The van der Waals surface area contributed by atoms with Crippen molar-refractivity contribution in [2.24, 2.45) is 0 Å². The van der Waals surface area contributed by atoms with Crippen LogP contribution in [0, 0.1) is 0 Å². The van der Waals surface area contributed by atoms with Gasteiger partial charge in [-0.1, -0.05) is 24.3 Å². The third kappa shape index (κ3) is 2.84. The topological polar surface area (TPSA) is 58.0 Å². The van der Waals surface area contributed by atoms with Gasteiger partial charge in [0.25, 0.3) is 0 Å². The van der Waals surface area contributed by atoms with Gasteiger partial charge < -0.3 is 10.4 Å². The number of aliphatic hydroxyl groups is 1. The van der Waals surface area contributed by atoms with Crippen LogP contribution in [0.4, 0.5) is 5.82 Å². The summed E-state index contributed by atoms with van der Waals surface area (Å²) in [5, 5.41) is 12.3. The Kier molecular flexibility index (Phi) is 3.89. The van der Waals surface area contributed by atoms with Crippen LogP contribution in [0.1, 0.15) is 19.4 Å². The van der Waals surface area contributed by atoms with Crippen LogP contribution < -0.4 is 5.32 Å². The molecular formula is C14H17N3O. The van der Waals surface area contributed by atoms with E-state index in [9.17, 15) is 0 Å². The van der Waals surface area contributed by atoms with Crippen molar-refractivity contribution < 1.29 is 5.11 Å². The number of nitrogens with one attached hydrogen (secondary N) is 1. The number of benzene rings is 1. The molecule has 2 aromatic rings. The Morgan fingerprint density at radius 3 is 2.39 bits per heavy atom. The van der Waals surface area contributed by atoms with E-state index in [0.717, 1.165) is 22.6 Å². The summed E-state index contributed by atoms with van der Waals surface area (Å²) < 4.78 is 0. The summed E-state index contributed by atoms with van der Waals surface area (Å²) in [6, 6.07) is 7.98. The molecular weight excluding hydrogens is 226 g/mol. The molecule has 2 rings (SSSR count). The number of hydrogen-bond donors (Lipinski definition) is 2. The second-order valence-corrected chi connectivity index (χ2v) is 4.41. The minimum atomic E-state index is 0.0534. The molecule has 0 spiro atoms. The molecule has 0 saturated carbocycles. The fraction of sp³-hybridized carbons (Fsp3) is 0.286. The Balaban J connectivity index is 2.36. The van der Waals surface area contributed by atoms with E-state index in [-0.39, 0.29) is 6.61 Å². The zero-order chi connectivity index (χ0) is 13.0. The Labute approximate surface area is 107 Å². The molecule has 0 aliphatic carbocycles. The molecule has 4 heteroatoms. The predicted molar refractivity (Wildman–Crippen MR) is 72.1 cm³/mol. The maximum Gasteiger partial charge on any atom is 0.152 e. The third-order valence-electron chi connectivity index (χ3n) is 2.53. The van der Waals surface area contributed by atoms with Crippen molar-refractivity contribution in [3.8, 4) is 11.3 Å². The van der Waals surface area contributed by atoms with E-state index in [1.807, 2.05) is 24.3 Å². The summed E-state index contributed by atoms with van der Waals surface area (Å²) in [7, 11) is 0. The van der Waals surface area contributed by atoms with E-state index >= 15 is 0 Å². The van der Waals surface area contributed by atoms with Gasteiger partial charge >= 0.3 is 0 Å². The van der Waals surface area contributed by atoms with Crippen LogP contribution in [0.5, 0.6) is 0 Å². The van der Waals surface area contributed by atoms with Crippen LogP contribution in [0.25, 0.3) is 11.3 Å². The number of hydrogen-bond acceptors (Lipinski definition) is 4. The minimum Gasteiger partial charge on any atom is -0.392 e. The SMILES string of the molecule is CC(C)Nc1nccnc1-c1ccc(CO)cc1. The highest BCUT2D eigenvalue weighted by atomic mass is 16.3. The molecule has 1 aromatic heterocycles. The number of aliphatic hydroxyl groups excluding tert-OH is 1. The van der Waals surface area contributed by atoms with Crippen molar-refractivity contribution in [1.82, 2.24) is 9.97 Å². The molecule has 94 valence electrons. The minimum absolute atomic E-state index is 0.0534. The average molecular weight is 243 g/mol. The first-order chi connectivity index (χ1) is 8.70. The van der Waals surface area contributed by atoms with E-state index in [4.69, 9.17) is 5.11 Å². The highest BCUT2D eigenvalue weighted by molar-refractivity contribution is 5.71. The van der Waals surface area contributed by atoms with Crippen LogP contribution in [-0.2, 0) is 6.61 Å². The Morgan fingerprint density at radius 2 is 1.78 bits per heavy atom. The first-order valence-corrected chi connectivity index (χ1v) is 5.98. The molecule has 1 heterocycles. The highest BCUT2D eigenvalue weighted by Crippen LogP contribution is 2.24. The molecule has 2 N–H and O–H groups in total. The monoisotopic (exact) mass is 243 g/mol. The number of rotatable bonds is 4. The van der Waals surface area contributed by atoms with Gasteiger partial charge in [0.05, 0.1) is 6.61 Å². The molecule has 0 saturated heterocycles. The lowest BCUT2D eigenvalue weighted by molar-refractivity contribution is 0.282. The van der Waals surface area contributed by atoms with Crippen LogP contribution in [0.2, 0.25) is 0 Å². The van der Waals surface area contributed by atoms with Gasteiger partial charge in [-0.2, -0.15) is 0 Å². The number of anilines is 1. The van der Waals surface area contributed by atoms with Crippen LogP contribution in [0.15, 0.2) is 36.7 Å². The number of aromatic nitrogens is 2. The van der Waals surface area contributed by atoms with Gasteiger partial charge in [-0.25, -0.2) is 4.98 Å². The summed E-state index contributed by atoms with van der Waals surface area (Å²) in [5.41, 5.74) is 2.71. The maximum absolute atomic E-state index is 9.03. The van der Waals surface area contributed by atoms with Gasteiger partial charge in [0.1, 0.15) is 5.69 Å². The lowest BCUT2D eigenvalue weighted by Gasteiger charge is -2.12. The van der Waals surface area contributed by atoms with E-state index in [1.54, 1.807) is 12.4 Å². The van der Waals surface area contributed by atoms with E-state index < -0.39 is 0 Å². The van der Waals surface area contributed by atoms with E-state index in [0.29, 0.717) is 6.04 Å². The zero-order valence-corrected chi connectivity index (χ0v) is 10.6. The summed E-state index contributed by atoms with van der Waals surface area (Å²) >= 11 is 0. The van der Waals surface area contributed by atoms with Gasteiger partial charge in [0.15, 0.2) is 5.82 Å². The molecule has 0 unspecified atom stereocenters. The average Bonchev–Trinajstić information content (AvgIpc) is 2.39. The largest absolute Gasteiger partial charge is 0.392 e. The summed E-state index contributed by atoms with van der Waals surface area (Å²) in [6.07, 6.45) is 3.36. The Bertz CT molecular complexity index is 509. The lowest BCUT2D eigenvalue weighted by Crippen LogP contribution is -2.12. The van der Waals surface area contributed by atoms with Crippen molar-refractivity contribution >= 4 is 5.82 Å². The van der Waals surface area contributed by atoms with Gasteiger partial charge in [-0.15, -0.1) is 0 Å². The molecule has 0 radical (unpaired) electrons. The Hall–Kier alpha value is -1.94.